The monoisotopic (exact) mass is 215 g/mol. The zero-order valence-electron chi connectivity index (χ0n) is 8.14. The molecule has 0 saturated carbocycles. The molecule has 1 aromatic heterocycles. The Morgan fingerprint density at radius 2 is 2.12 bits per heavy atom. The van der Waals surface area contributed by atoms with Crippen molar-refractivity contribution in [3.05, 3.63) is 46.4 Å². The van der Waals surface area contributed by atoms with Gasteiger partial charge in [0.2, 0.25) is 0 Å². The van der Waals surface area contributed by atoms with E-state index in [1.807, 2.05) is 0 Å². The lowest BCUT2D eigenvalue weighted by Crippen LogP contribution is -2.19. The molecule has 16 heavy (non-hydrogen) atoms. The Balaban J connectivity index is 2.59. The zero-order chi connectivity index (χ0) is 11.5. The average molecular weight is 215 g/mol. The summed E-state index contributed by atoms with van der Waals surface area (Å²) < 4.78 is 0. The summed E-state index contributed by atoms with van der Waals surface area (Å²) >= 11 is 0. The summed E-state index contributed by atoms with van der Waals surface area (Å²) in [6, 6.07) is 6.99. The van der Waals surface area contributed by atoms with Gasteiger partial charge in [0.1, 0.15) is 5.69 Å². The summed E-state index contributed by atoms with van der Waals surface area (Å²) in [6.45, 7) is 0. The van der Waals surface area contributed by atoms with Crippen molar-refractivity contribution in [2.24, 2.45) is 0 Å². The van der Waals surface area contributed by atoms with Crippen LogP contribution in [0.5, 0.6) is 0 Å². The van der Waals surface area contributed by atoms with E-state index in [9.17, 15) is 14.7 Å². The van der Waals surface area contributed by atoms with Gasteiger partial charge in [0.15, 0.2) is 0 Å². The molecule has 1 aromatic carbocycles. The quantitative estimate of drug-likeness (QED) is 0.696. The van der Waals surface area contributed by atoms with Gasteiger partial charge in [-0.3, -0.25) is 4.79 Å². The number of carboxylic acid groups (broad SMARTS) is 1. The second-order valence-corrected chi connectivity index (χ2v) is 3.12. The lowest BCUT2D eigenvalue weighted by atomic mass is 10.3. The molecule has 2 aromatic rings. The van der Waals surface area contributed by atoms with E-state index in [-0.39, 0.29) is 5.69 Å². The van der Waals surface area contributed by atoms with Crippen LogP contribution < -0.4 is 10.7 Å². The van der Waals surface area contributed by atoms with Crippen LogP contribution in [0.25, 0.3) is 17.1 Å². The molecule has 0 aliphatic heterocycles. The van der Waals surface area contributed by atoms with Crippen molar-refractivity contribution in [1.29, 1.82) is 0 Å². The predicted octanol–water partition coefficient (Wildman–Crippen LogP) is -0.314. The van der Waals surface area contributed by atoms with E-state index in [0.29, 0.717) is 11.0 Å². The third kappa shape index (κ3) is 1.98. The summed E-state index contributed by atoms with van der Waals surface area (Å²) in [6.07, 6.45) is 1.88. The van der Waals surface area contributed by atoms with Crippen LogP contribution in [0, 0.1) is 0 Å². The second kappa shape index (κ2) is 3.98. The third-order valence-corrected chi connectivity index (χ3v) is 2.00. The van der Waals surface area contributed by atoms with Crippen molar-refractivity contribution < 1.29 is 9.90 Å². The maximum Gasteiger partial charge on any atom is 0.274 e. The number of nitrogens with one attached hydrogen (secondary N) is 1. The SMILES string of the molecule is O=C([O-])/C=C/c1nc2ccccc2[nH]c1=O. The predicted molar refractivity (Wildman–Crippen MR) is 56.4 cm³/mol. The minimum Gasteiger partial charge on any atom is -0.545 e. The number of carbonyl (C=O) groups is 1. The van der Waals surface area contributed by atoms with Gasteiger partial charge in [-0.05, 0) is 24.3 Å². The topological polar surface area (TPSA) is 85.9 Å². The highest BCUT2D eigenvalue weighted by atomic mass is 16.4. The van der Waals surface area contributed by atoms with Gasteiger partial charge in [-0.25, -0.2) is 4.98 Å². The van der Waals surface area contributed by atoms with E-state index < -0.39 is 11.5 Å². The van der Waals surface area contributed by atoms with Gasteiger partial charge in [-0.2, -0.15) is 0 Å². The summed E-state index contributed by atoms with van der Waals surface area (Å²) in [7, 11) is 0. The van der Waals surface area contributed by atoms with Crippen LogP contribution in [0.4, 0.5) is 0 Å². The minimum absolute atomic E-state index is 0.0444. The largest absolute Gasteiger partial charge is 0.545 e. The van der Waals surface area contributed by atoms with E-state index in [4.69, 9.17) is 0 Å². The van der Waals surface area contributed by atoms with E-state index in [0.717, 1.165) is 12.2 Å². The molecule has 1 N–H and O–H groups in total. The molecule has 0 saturated heterocycles. The van der Waals surface area contributed by atoms with Crippen molar-refractivity contribution in [3.63, 3.8) is 0 Å². The van der Waals surface area contributed by atoms with Crippen LogP contribution in [-0.2, 0) is 4.79 Å². The van der Waals surface area contributed by atoms with Crippen LogP contribution in [0.2, 0.25) is 0 Å². The number of para-hydroxylation sites is 2. The number of aromatic amines is 1. The molecule has 0 spiro atoms. The number of hydrogen-bond donors (Lipinski definition) is 1. The van der Waals surface area contributed by atoms with Crippen LogP contribution in [0.15, 0.2) is 35.1 Å². The summed E-state index contributed by atoms with van der Waals surface area (Å²) in [5.74, 6) is -1.37. The lowest BCUT2D eigenvalue weighted by molar-refractivity contribution is -0.297. The van der Waals surface area contributed by atoms with Gasteiger partial charge in [0.25, 0.3) is 5.56 Å². The molecule has 0 amide bonds. The molecule has 0 unspecified atom stereocenters. The molecule has 80 valence electrons. The van der Waals surface area contributed by atoms with Gasteiger partial charge in [0.05, 0.1) is 17.0 Å². The van der Waals surface area contributed by atoms with Crippen molar-refractivity contribution in [2.45, 2.75) is 0 Å². The number of aromatic nitrogens is 2. The Hall–Kier alpha value is -2.43. The Labute approximate surface area is 90.1 Å². The van der Waals surface area contributed by atoms with Gasteiger partial charge >= 0.3 is 0 Å². The van der Waals surface area contributed by atoms with Crippen LogP contribution >= 0.6 is 0 Å². The number of aliphatic carboxylic acids is 1. The van der Waals surface area contributed by atoms with Gasteiger partial charge < -0.3 is 14.9 Å². The second-order valence-electron chi connectivity index (χ2n) is 3.12. The number of carbonyl (C=O) groups excluding carboxylic acids is 1. The van der Waals surface area contributed by atoms with Gasteiger partial charge in [-0.15, -0.1) is 0 Å². The Bertz CT molecular complexity index is 628. The van der Waals surface area contributed by atoms with Crippen molar-refractivity contribution in [2.75, 3.05) is 0 Å². The molecule has 2 rings (SSSR count). The molecule has 0 fully saturated rings. The molecule has 0 aliphatic rings. The first-order valence-electron chi connectivity index (χ1n) is 4.55. The summed E-state index contributed by atoms with van der Waals surface area (Å²) in [4.78, 5) is 28.3. The molecule has 1 heterocycles. The maximum atomic E-state index is 11.5. The van der Waals surface area contributed by atoms with Crippen LogP contribution in [0.1, 0.15) is 5.69 Å². The number of nitrogens with zero attached hydrogens (tertiary/aromatic N) is 1. The molecule has 0 bridgehead atoms. The van der Waals surface area contributed by atoms with Crippen molar-refractivity contribution >= 4 is 23.1 Å². The first-order valence-corrected chi connectivity index (χ1v) is 4.55. The third-order valence-electron chi connectivity index (χ3n) is 2.00. The highest BCUT2D eigenvalue weighted by Gasteiger charge is 2.00. The molecular formula is C11H7N2O3-. The molecule has 5 heteroatoms. The number of rotatable bonds is 2. The number of fused-ring (bicyclic) bond motifs is 1. The molecule has 0 atom stereocenters. The number of hydrogen-bond acceptors (Lipinski definition) is 4. The summed E-state index contributed by atoms with van der Waals surface area (Å²) in [5, 5.41) is 10.2. The smallest absolute Gasteiger partial charge is 0.274 e. The molecule has 0 aliphatic carbocycles. The fourth-order valence-corrected chi connectivity index (χ4v) is 1.30. The fourth-order valence-electron chi connectivity index (χ4n) is 1.30. The standard InChI is InChI=1S/C11H8N2O3/c14-10(15)6-5-9-11(16)13-8-4-2-1-3-7(8)12-9/h1-6H,(H,13,16)(H,14,15)/p-1/b6-5+. The average Bonchev–Trinajstić information content (AvgIpc) is 2.26. The van der Waals surface area contributed by atoms with Gasteiger partial charge in [-0.1, -0.05) is 12.1 Å². The Morgan fingerprint density at radius 1 is 1.38 bits per heavy atom. The molecule has 5 nitrogen and oxygen atoms in total. The summed E-state index contributed by atoms with van der Waals surface area (Å²) in [5.41, 5.74) is 0.817. The molecule has 0 radical (unpaired) electrons. The van der Waals surface area contributed by atoms with E-state index in [2.05, 4.69) is 9.97 Å². The first-order chi connectivity index (χ1) is 7.66. The highest BCUT2D eigenvalue weighted by Crippen LogP contribution is 2.06. The first kappa shape index (κ1) is 10.1. The van der Waals surface area contributed by atoms with E-state index in [1.54, 1.807) is 24.3 Å². The fraction of sp³-hybridized carbons (Fsp3) is 0. The maximum absolute atomic E-state index is 11.5. The molecular weight excluding hydrogens is 208 g/mol. The van der Waals surface area contributed by atoms with Crippen LogP contribution in [0.3, 0.4) is 0 Å². The number of carboxylic acids is 1. The van der Waals surface area contributed by atoms with Crippen molar-refractivity contribution in [3.8, 4) is 0 Å². The van der Waals surface area contributed by atoms with E-state index >= 15 is 0 Å². The zero-order valence-corrected chi connectivity index (χ0v) is 8.14. The lowest BCUT2D eigenvalue weighted by Gasteiger charge is -1.98. The van der Waals surface area contributed by atoms with Crippen LogP contribution in [-0.4, -0.2) is 15.9 Å². The van der Waals surface area contributed by atoms with Gasteiger partial charge in [0, 0.05) is 0 Å². The number of H-pyrrole nitrogens is 1. The number of benzene rings is 1. The Kier molecular flexibility index (Phi) is 2.51. The normalized spacial score (nSPS) is 11.0. The van der Waals surface area contributed by atoms with E-state index in [1.165, 1.54) is 0 Å². The highest BCUT2D eigenvalue weighted by molar-refractivity contribution is 5.83. The van der Waals surface area contributed by atoms with Crippen molar-refractivity contribution in [1.82, 2.24) is 9.97 Å². The minimum atomic E-state index is -1.37. The Morgan fingerprint density at radius 3 is 2.88 bits per heavy atom.